The summed E-state index contributed by atoms with van der Waals surface area (Å²) in [6.45, 7) is 0.877. The topological polar surface area (TPSA) is 37.0 Å². The van der Waals surface area contributed by atoms with Gasteiger partial charge in [0.2, 0.25) is 0 Å². The molecule has 26 heavy (non-hydrogen) atoms. The van der Waals surface area contributed by atoms with E-state index in [1.165, 1.54) is 25.3 Å². The average molecular weight is 351 g/mol. The fourth-order valence-corrected chi connectivity index (χ4v) is 3.75. The molecule has 1 aliphatic rings. The number of pyridine rings is 1. The molecule has 136 valence electrons. The highest BCUT2D eigenvalue weighted by Gasteiger charge is 2.24. The van der Waals surface area contributed by atoms with Crippen molar-refractivity contribution in [1.82, 2.24) is 10.3 Å². The van der Waals surface area contributed by atoms with Gasteiger partial charge in [0.15, 0.2) is 0 Å². The molecule has 1 fully saturated rings. The van der Waals surface area contributed by atoms with Crippen LogP contribution in [-0.4, -0.2) is 24.6 Å². The molecule has 1 aliphatic carbocycles. The second-order valence-electron chi connectivity index (χ2n) is 7.40. The third kappa shape index (κ3) is 3.80. The van der Waals surface area contributed by atoms with E-state index in [0.717, 1.165) is 52.8 Å². The lowest BCUT2D eigenvalue weighted by molar-refractivity contribution is 0.456. The van der Waals surface area contributed by atoms with E-state index in [4.69, 9.17) is 0 Å². The zero-order chi connectivity index (χ0) is 17.9. The van der Waals surface area contributed by atoms with Crippen molar-refractivity contribution in [2.24, 2.45) is 5.92 Å². The zero-order valence-corrected chi connectivity index (χ0v) is 15.3. The number of hydrogen-bond donors (Lipinski definition) is 2. The van der Waals surface area contributed by atoms with Gasteiger partial charge in [-0.3, -0.25) is 0 Å². The first-order valence-corrected chi connectivity index (χ1v) is 9.64. The van der Waals surface area contributed by atoms with E-state index in [1.54, 1.807) is 12.1 Å². The highest BCUT2D eigenvalue weighted by Crippen LogP contribution is 2.34. The molecule has 1 atom stereocenters. The van der Waals surface area contributed by atoms with Crippen LogP contribution in [0, 0.1) is 11.7 Å². The second kappa shape index (κ2) is 7.58. The summed E-state index contributed by atoms with van der Waals surface area (Å²) in [5, 5.41) is 8.93. The van der Waals surface area contributed by atoms with Crippen LogP contribution in [0.25, 0.3) is 21.8 Å². The first-order valence-electron chi connectivity index (χ1n) is 9.64. The summed E-state index contributed by atoms with van der Waals surface area (Å²) >= 11 is 0. The molecule has 2 N–H and O–H groups in total. The van der Waals surface area contributed by atoms with Crippen molar-refractivity contribution in [2.45, 2.75) is 38.1 Å². The van der Waals surface area contributed by atoms with Crippen molar-refractivity contribution >= 4 is 27.5 Å². The summed E-state index contributed by atoms with van der Waals surface area (Å²) in [7, 11) is 2.06. The smallest absolute Gasteiger partial charge is 0.124 e. The minimum atomic E-state index is -0.225. The molecule has 1 saturated carbocycles. The maximum Gasteiger partial charge on any atom is 0.124 e. The molecule has 3 aromatic rings. The SMILES string of the molecule is CNC(CCCNc1c2ccccc2nc2ccc(F)cc12)CC1CC1. The lowest BCUT2D eigenvalue weighted by Crippen LogP contribution is -2.26. The molecular weight excluding hydrogens is 325 g/mol. The highest BCUT2D eigenvalue weighted by atomic mass is 19.1. The van der Waals surface area contributed by atoms with Crippen molar-refractivity contribution in [2.75, 3.05) is 18.9 Å². The maximum atomic E-state index is 13.8. The van der Waals surface area contributed by atoms with Crippen LogP contribution in [0.5, 0.6) is 0 Å². The molecular formula is C22H26FN3. The molecule has 0 amide bonds. The number of rotatable bonds is 8. The van der Waals surface area contributed by atoms with Crippen LogP contribution in [0.1, 0.15) is 32.1 Å². The van der Waals surface area contributed by atoms with Gasteiger partial charge in [-0.1, -0.05) is 31.0 Å². The Morgan fingerprint density at radius 2 is 1.92 bits per heavy atom. The molecule has 0 bridgehead atoms. The van der Waals surface area contributed by atoms with E-state index in [1.807, 2.05) is 18.2 Å². The third-order valence-corrected chi connectivity index (χ3v) is 5.40. The number of hydrogen-bond acceptors (Lipinski definition) is 3. The Hall–Kier alpha value is -2.20. The minimum Gasteiger partial charge on any atom is -0.384 e. The van der Waals surface area contributed by atoms with Crippen LogP contribution in [0.4, 0.5) is 10.1 Å². The summed E-state index contributed by atoms with van der Waals surface area (Å²) in [6.07, 6.45) is 6.35. The summed E-state index contributed by atoms with van der Waals surface area (Å²) in [5.41, 5.74) is 2.76. The van der Waals surface area contributed by atoms with Gasteiger partial charge in [-0.05, 0) is 56.5 Å². The lowest BCUT2D eigenvalue weighted by atomic mass is 10.0. The van der Waals surface area contributed by atoms with Crippen LogP contribution >= 0.6 is 0 Å². The Bertz CT molecular complexity index is 904. The molecule has 1 heterocycles. The normalized spacial score (nSPS) is 15.5. The Kier molecular flexibility index (Phi) is 5.02. The van der Waals surface area contributed by atoms with E-state index >= 15 is 0 Å². The van der Waals surface area contributed by atoms with Crippen molar-refractivity contribution in [3.8, 4) is 0 Å². The average Bonchev–Trinajstić information content (AvgIpc) is 3.47. The molecule has 2 aromatic carbocycles. The van der Waals surface area contributed by atoms with Crippen LogP contribution in [0.2, 0.25) is 0 Å². The van der Waals surface area contributed by atoms with Crippen LogP contribution in [-0.2, 0) is 0 Å². The van der Waals surface area contributed by atoms with Gasteiger partial charge in [0.05, 0.1) is 16.7 Å². The number of nitrogens with one attached hydrogen (secondary N) is 2. The van der Waals surface area contributed by atoms with Crippen molar-refractivity contribution in [3.05, 3.63) is 48.3 Å². The number of nitrogens with zero attached hydrogens (tertiary/aromatic N) is 1. The van der Waals surface area contributed by atoms with E-state index in [0.29, 0.717) is 6.04 Å². The van der Waals surface area contributed by atoms with Gasteiger partial charge in [-0.15, -0.1) is 0 Å². The summed E-state index contributed by atoms with van der Waals surface area (Å²) in [4.78, 5) is 4.67. The van der Waals surface area contributed by atoms with Crippen molar-refractivity contribution in [1.29, 1.82) is 0 Å². The van der Waals surface area contributed by atoms with Crippen molar-refractivity contribution in [3.63, 3.8) is 0 Å². The molecule has 0 radical (unpaired) electrons. The fourth-order valence-electron chi connectivity index (χ4n) is 3.75. The number of aromatic nitrogens is 1. The first kappa shape index (κ1) is 17.2. The lowest BCUT2D eigenvalue weighted by Gasteiger charge is -2.17. The van der Waals surface area contributed by atoms with Gasteiger partial charge in [-0.2, -0.15) is 0 Å². The summed E-state index contributed by atoms with van der Waals surface area (Å²) in [6, 6.07) is 13.5. The number of fused-ring (bicyclic) bond motifs is 2. The van der Waals surface area contributed by atoms with E-state index in [-0.39, 0.29) is 5.82 Å². The van der Waals surface area contributed by atoms with Gasteiger partial charge < -0.3 is 10.6 Å². The molecule has 1 aromatic heterocycles. The molecule has 0 saturated heterocycles. The van der Waals surface area contributed by atoms with Gasteiger partial charge in [0, 0.05) is 23.4 Å². The van der Waals surface area contributed by atoms with Crippen LogP contribution < -0.4 is 10.6 Å². The number of halogens is 1. The van der Waals surface area contributed by atoms with Gasteiger partial charge in [0.25, 0.3) is 0 Å². The number of para-hydroxylation sites is 1. The van der Waals surface area contributed by atoms with E-state index in [2.05, 4.69) is 28.7 Å². The number of benzene rings is 2. The van der Waals surface area contributed by atoms with Crippen LogP contribution in [0.3, 0.4) is 0 Å². The highest BCUT2D eigenvalue weighted by molar-refractivity contribution is 6.07. The molecule has 1 unspecified atom stereocenters. The van der Waals surface area contributed by atoms with E-state index in [9.17, 15) is 4.39 Å². The number of anilines is 1. The fraction of sp³-hybridized carbons (Fsp3) is 0.409. The minimum absolute atomic E-state index is 0.225. The van der Waals surface area contributed by atoms with E-state index < -0.39 is 0 Å². The van der Waals surface area contributed by atoms with Gasteiger partial charge in [-0.25, -0.2) is 9.37 Å². The van der Waals surface area contributed by atoms with Gasteiger partial charge >= 0.3 is 0 Å². The summed E-state index contributed by atoms with van der Waals surface area (Å²) < 4.78 is 13.8. The second-order valence-corrected chi connectivity index (χ2v) is 7.40. The predicted molar refractivity (Wildman–Crippen MR) is 107 cm³/mol. The largest absolute Gasteiger partial charge is 0.384 e. The predicted octanol–water partition coefficient (Wildman–Crippen LogP) is 5.11. The molecule has 0 aliphatic heterocycles. The monoisotopic (exact) mass is 351 g/mol. The first-order chi connectivity index (χ1) is 12.7. The van der Waals surface area contributed by atoms with Crippen LogP contribution in [0.15, 0.2) is 42.5 Å². The summed E-state index contributed by atoms with van der Waals surface area (Å²) in [5.74, 6) is 0.716. The van der Waals surface area contributed by atoms with Crippen molar-refractivity contribution < 1.29 is 4.39 Å². The Morgan fingerprint density at radius 1 is 1.12 bits per heavy atom. The Labute approximate surface area is 154 Å². The standard InChI is InChI=1S/C22H26FN3/c1-24-17(13-15-8-9-15)5-4-12-25-22-18-6-2-3-7-20(18)26-21-11-10-16(23)14-19(21)22/h2-3,6-7,10-11,14-15,17,24H,4-5,8-9,12-13H2,1H3,(H,25,26). The molecule has 4 rings (SSSR count). The zero-order valence-electron chi connectivity index (χ0n) is 15.3. The Balaban J connectivity index is 1.52. The molecule has 0 spiro atoms. The third-order valence-electron chi connectivity index (χ3n) is 5.40. The Morgan fingerprint density at radius 3 is 2.73 bits per heavy atom. The molecule has 3 nitrogen and oxygen atoms in total. The van der Waals surface area contributed by atoms with Gasteiger partial charge in [0.1, 0.15) is 5.82 Å². The quantitative estimate of drug-likeness (QED) is 0.437. The maximum absolute atomic E-state index is 13.8. The molecule has 4 heteroatoms.